The molecule has 2 aromatic rings. The fraction of sp³-hybridized carbons (Fsp3) is 0.222. The summed E-state index contributed by atoms with van der Waals surface area (Å²) in [6.45, 7) is 0.473. The molecule has 2 amide bonds. The van der Waals surface area contributed by atoms with E-state index in [0.717, 1.165) is 5.56 Å². The van der Waals surface area contributed by atoms with E-state index in [9.17, 15) is 14.7 Å². The second-order valence-electron chi connectivity index (χ2n) is 5.80. The Morgan fingerprint density at radius 2 is 2.20 bits per heavy atom. The van der Waals surface area contributed by atoms with Gasteiger partial charge < -0.3 is 15.7 Å². The largest absolute Gasteiger partial charge is 0.369 e. The third-order valence-electron chi connectivity index (χ3n) is 3.96. The van der Waals surface area contributed by atoms with Crippen LogP contribution in [0.4, 0.5) is 0 Å². The van der Waals surface area contributed by atoms with Crippen LogP contribution in [0.25, 0.3) is 11.3 Å². The normalized spacial score (nSPS) is 19.4. The molecule has 1 aliphatic rings. The minimum atomic E-state index is -1.64. The van der Waals surface area contributed by atoms with Crippen molar-refractivity contribution >= 4 is 11.8 Å². The summed E-state index contributed by atoms with van der Waals surface area (Å²) < 4.78 is 0. The second-order valence-corrected chi connectivity index (χ2v) is 5.80. The Labute approximate surface area is 144 Å². The predicted molar refractivity (Wildman–Crippen MR) is 90.1 cm³/mol. The summed E-state index contributed by atoms with van der Waals surface area (Å²) >= 11 is 0. The van der Waals surface area contributed by atoms with E-state index >= 15 is 0 Å². The van der Waals surface area contributed by atoms with Crippen LogP contribution in [0.3, 0.4) is 0 Å². The van der Waals surface area contributed by atoms with Crippen LogP contribution in [0.5, 0.6) is 0 Å². The average molecular weight is 336 g/mol. The first-order valence-corrected chi connectivity index (χ1v) is 7.63. The maximum absolute atomic E-state index is 12.0. The SMILES string of the molecule is CN1CCC(O)(C#Cc2cccc(-c3ccnc(C(N)=O)n3)c2)C1=O. The summed E-state index contributed by atoms with van der Waals surface area (Å²) in [5.74, 6) is 4.35. The lowest BCUT2D eigenvalue weighted by Gasteiger charge is -2.13. The third-order valence-corrected chi connectivity index (χ3v) is 3.96. The van der Waals surface area contributed by atoms with Crippen molar-refractivity contribution in [2.45, 2.75) is 12.0 Å². The Kier molecular flexibility index (Phi) is 4.21. The van der Waals surface area contributed by atoms with Crippen LogP contribution in [0.15, 0.2) is 36.5 Å². The van der Waals surface area contributed by atoms with Gasteiger partial charge in [0.2, 0.25) is 11.4 Å². The molecule has 1 aromatic heterocycles. The lowest BCUT2D eigenvalue weighted by molar-refractivity contribution is -0.137. The lowest BCUT2D eigenvalue weighted by atomic mass is 10.0. The van der Waals surface area contributed by atoms with E-state index in [4.69, 9.17) is 5.73 Å². The molecule has 0 radical (unpaired) electrons. The maximum Gasteiger partial charge on any atom is 0.286 e. The molecule has 7 nitrogen and oxygen atoms in total. The number of aliphatic hydroxyl groups is 1. The standard InChI is InChI=1S/C18H16N4O3/c1-22-10-8-18(25,17(22)24)7-5-12-3-2-4-13(11-12)14-6-9-20-16(21-14)15(19)23/h2-4,6,9,11,25H,8,10H2,1H3,(H2,19,23). The smallest absolute Gasteiger partial charge is 0.286 e. The molecule has 7 heteroatoms. The highest BCUT2D eigenvalue weighted by Gasteiger charge is 2.42. The van der Waals surface area contributed by atoms with Crippen LogP contribution in [0, 0.1) is 11.8 Å². The summed E-state index contributed by atoms with van der Waals surface area (Å²) in [4.78, 5) is 32.5. The quantitative estimate of drug-likeness (QED) is 0.761. The van der Waals surface area contributed by atoms with Crippen molar-refractivity contribution < 1.29 is 14.7 Å². The minimum Gasteiger partial charge on any atom is -0.369 e. The first-order chi connectivity index (χ1) is 11.9. The topological polar surface area (TPSA) is 109 Å². The lowest BCUT2D eigenvalue weighted by Crippen LogP contribution is -2.37. The Hall–Kier alpha value is -3.24. The Balaban J connectivity index is 1.91. The zero-order chi connectivity index (χ0) is 18.0. The van der Waals surface area contributed by atoms with Gasteiger partial charge in [0, 0.05) is 37.3 Å². The number of benzene rings is 1. The van der Waals surface area contributed by atoms with E-state index in [-0.39, 0.29) is 12.2 Å². The van der Waals surface area contributed by atoms with Gasteiger partial charge in [-0.15, -0.1) is 0 Å². The Morgan fingerprint density at radius 1 is 1.40 bits per heavy atom. The number of carbonyl (C=O) groups is 2. The van der Waals surface area contributed by atoms with Gasteiger partial charge in [-0.1, -0.05) is 24.0 Å². The predicted octanol–water partition coefficient (Wildman–Crippen LogP) is 0.187. The zero-order valence-corrected chi connectivity index (χ0v) is 13.6. The summed E-state index contributed by atoms with van der Waals surface area (Å²) in [6.07, 6.45) is 1.74. The Morgan fingerprint density at radius 3 is 2.88 bits per heavy atom. The van der Waals surface area contributed by atoms with Crippen LogP contribution in [0.2, 0.25) is 0 Å². The van der Waals surface area contributed by atoms with Gasteiger partial charge in [-0.2, -0.15) is 0 Å². The van der Waals surface area contributed by atoms with Crippen LogP contribution >= 0.6 is 0 Å². The molecule has 1 saturated heterocycles. The van der Waals surface area contributed by atoms with Crippen molar-refractivity contribution in [3.05, 3.63) is 47.9 Å². The maximum atomic E-state index is 12.0. The number of primary amides is 1. The van der Waals surface area contributed by atoms with E-state index in [0.29, 0.717) is 17.8 Å². The number of rotatable bonds is 2. The number of likely N-dealkylation sites (tertiary alicyclic amines) is 1. The van der Waals surface area contributed by atoms with Gasteiger partial charge >= 0.3 is 0 Å². The molecule has 3 N–H and O–H groups in total. The molecule has 0 bridgehead atoms. The molecule has 0 spiro atoms. The molecule has 1 aliphatic heterocycles. The molecule has 3 rings (SSSR count). The number of nitrogens with two attached hydrogens (primary N) is 1. The van der Waals surface area contributed by atoms with Gasteiger partial charge in [-0.05, 0) is 18.2 Å². The summed E-state index contributed by atoms with van der Waals surface area (Å²) in [5, 5.41) is 10.3. The first-order valence-electron chi connectivity index (χ1n) is 7.63. The van der Waals surface area contributed by atoms with Crippen molar-refractivity contribution in [2.75, 3.05) is 13.6 Å². The molecule has 0 aliphatic carbocycles. The summed E-state index contributed by atoms with van der Waals surface area (Å²) in [5.41, 5.74) is 5.43. The highest BCUT2D eigenvalue weighted by Crippen LogP contribution is 2.21. The van der Waals surface area contributed by atoms with Gasteiger partial charge in [0.05, 0.1) is 5.69 Å². The van der Waals surface area contributed by atoms with Gasteiger partial charge in [0.1, 0.15) is 0 Å². The van der Waals surface area contributed by atoms with Crippen LogP contribution in [-0.4, -0.2) is 51.0 Å². The Bertz CT molecular complexity index is 916. The van der Waals surface area contributed by atoms with Gasteiger partial charge in [-0.25, -0.2) is 9.97 Å². The van der Waals surface area contributed by atoms with Gasteiger partial charge in [-0.3, -0.25) is 9.59 Å². The number of amides is 2. The van der Waals surface area contributed by atoms with E-state index < -0.39 is 17.4 Å². The van der Waals surface area contributed by atoms with Crippen molar-refractivity contribution in [1.29, 1.82) is 0 Å². The summed E-state index contributed by atoms with van der Waals surface area (Å²) in [7, 11) is 1.63. The van der Waals surface area contributed by atoms with Crippen LogP contribution in [-0.2, 0) is 4.79 Å². The second kappa shape index (κ2) is 6.34. The number of nitrogens with zero attached hydrogens (tertiary/aromatic N) is 3. The van der Waals surface area contributed by atoms with Crippen LogP contribution < -0.4 is 5.73 Å². The minimum absolute atomic E-state index is 0.0668. The molecular formula is C18H16N4O3. The van der Waals surface area contributed by atoms with Gasteiger partial charge in [0.15, 0.2) is 0 Å². The molecule has 25 heavy (non-hydrogen) atoms. The number of aromatic nitrogens is 2. The molecule has 2 heterocycles. The highest BCUT2D eigenvalue weighted by molar-refractivity contribution is 5.90. The molecular weight excluding hydrogens is 320 g/mol. The molecule has 1 aromatic carbocycles. The van der Waals surface area contributed by atoms with Crippen LogP contribution in [0.1, 0.15) is 22.6 Å². The molecule has 1 fully saturated rings. The zero-order valence-electron chi connectivity index (χ0n) is 13.6. The fourth-order valence-corrected chi connectivity index (χ4v) is 2.54. The molecule has 0 saturated carbocycles. The number of likely N-dealkylation sites (N-methyl/N-ethyl adjacent to an activating group) is 1. The van der Waals surface area contributed by atoms with E-state index in [2.05, 4.69) is 21.8 Å². The number of hydrogen-bond donors (Lipinski definition) is 2. The third kappa shape index (κ3) is 3.34. The number of carbonyl (C=O) groups excluding carboxylic acids is 2. The molecule has 126 valence electrons. The van der Waals surface area contributed by atoms with Crippen molar-refractivity contribution in [3.63, 3.8) is 0 Å². The van der Waals surface area contributed by atoms with Crippen molar-refractivity contribution in [2.24, 2.45) is 5.73 Å². The fourth-order valence-electron chi connectivity index (χ4n) is 2.54. The van der Waals surface area contributed by atoms with Gasteiger partial charge in [0.25, 0.3) is 11.8 Å². The molecule has 1 atom stereocenters. The number of hydrogen-bond acceptors (Lipinski definition) is 5. The van der Waals surface area contributed by atoms with Crippen molar-refractivity contribution in [1.82, 2.24) is 14.9 Å². The molecule has 1 unspecified atom stereocenters. The monoisotopic (exact) mass is 336 g/mol. The van der Waals surface area contributed by atoms with E-state index in [1.165, 1.54) is 11.1 Å². The van der Waals surface area contributed by atoms with E-state index in [1.807, 2.05) is 6.07 Å². The average Bonchev–Trinajstić information content (AvgIpc) is 2.88. The van der Waals surface area contributed by atoms with E-state index in [1.54, 1.807) is 31.3 Å². The summed E-state index contributed by atoms with van der Waals surface area (Å²) in [6, 6.07) is 8.76. The highest BCUT2D eigenvalue weighted by atomic mass is 16.3. The van der Waals surface area contributed by atoms with Crippen molar-refractivity contribution in [3.8, 4) is 23.1 Å². The first kappa shape index (κ1) is 16.6.